The Hall–Kier alpha value is -2.09. The minimum atomic E-state index is -0.112. The van der Waals surface area contributed by atoms with Gasteiger partial charge in [-0.2, -0.15) is 0 Å². The Kier molecular flexibility index (Phi) is 6.49. The first-order valence-corrected chi connectivity index (χ1v) is 9.62. The van der Waals surface area contributed by atoms with E-state index in [2.05, 4.69) is 10.2 Å². The van der Waals surface area contributed by atoms with Gasteiger partial charge < -0.3 is 20.3 Å². The van der Waals surface area contributed by atoms with Crippen LogP contribution in [0.15, 0.2) is 35.7 Å². The van der Waals surface area contributed by atoms with Crippen molar-refractivity contribution in [1.29, 1.82) is 0 Å². The van der Waals surface area contributed by atoms with Crippen LogP contribution in [0, 0.1) is 0 Å². The summed E-state index contributed by atoms with van der Waals surface area (Å²) in [6, 6.07) is 8.91. The Morgan fingerprint density at radius 1 is 1.31 bits per heavy atom. The smallest absolute Gasteiger partial charge is 0.220 e. The molecule has 2 heterocycles. The number of aryl methyl sites for hydroxylation is 1. The van der Waals surface area contributed by atoms with Gasteiger partial charge in [-0.1, -0.05) is 12.1 Å². The second kappa shape index (κ2) is 9.02. The largest absolute Gasteiger partial charge is 0.504 e. The Labute approximate surface area is 157 Å². The molecule has 1 aliphatic heterocycles. The standard InChI is InChI=1S/C19H24N2O4S/c22-17-5-3-14(10-18(17)23)12-21-7-8-25-15(13-21)11-20-19(24)6-4-16-2-1-9-26-16/h1-3,5,9-10,15,22-23H,4,6-8,11-13H2,(H,20,24)/t15-/m0/s1. The molecule has 3 N–H and O–H groups in total. The number of amides is 1. The van der Waals surface area contributed by atoms with Crippen molar-refractivity contribution < 1.29 is 19.7 Å². The lowest BCUT2D eigenvalue weighted by Crippen LogP contribution is -2.47. The van der Waals surface area contributed by atoms with Gasteiger partial charge >= 0.3 is 0 Å². The number of phenols is 2. The quantitative estimate of drug-likeness (QED) is 0.645. The summed E-state index contributed by atoms with van der Waals surface area (Å²) in [4.78, 5) is 15.4. The summed E-state index contributed by atoms with van der Waals surface area (Å²) in [5.41, 5.74) is 0.931. The second-order valence-corrected chi connectivity index (χ2v) is 7.47. The zero-order valence-corrected chi connectivity index (χ0v) is 15.4. The van der Waals surface area contributed by atoms with Crippen molar-refractivity contribution in [1.82, 2.24) is 10.2 Å². The summed E-state index contributed by atoms with van der Waals surface area (Å²) < 4.78 is 5.75. The molecule has 7 heteroatoms. The van der Waals surface area contributed by atoms with E-state index in [1.807, 2.05) is 17.5 Å². The molecule has 0 aliphatic carbocycles. The first kappa shape index (κ1) is 18.7. The Bertz CT molecular complexity index is 720. The number of carbonyl (C=O) groups excluding carboxylic acids is 1. The molecule has 3 rings (SSSR count). The van der Waals surface area contributed by atoms with Gasteiger partial charge in [0.2, 0.25) is 5.91 Å². The molecule has 1 atom stereocenters. The zero-order valence-electron chi connectivity index (χ0n) is 14.6. The highest BCUT2D eigenvalue weighted by molar-refractivity contribution is 7.09. The van der Waals surface area contributed by atoms with E-state index in [0.717, 1.165) is 18.5 Å². The van der Waals surface area contributed by atoms with Gasteiger partial charge in [0.25, 0.3) is 0 Å². The number of phenolic OH excluding ortho intramolecular Hbond substituents is 2. The van der Waals surface area contributed by atoms with Gasteiger partial charge in [-0.3, -0.25) is 9.69 Å². The Balaban J connectivity index is 1.41. The van der Waals surface area contributed by atoms with Crippen molar-refractivity contribution >= 4 is 17.2 Å². The molecule has 1 fully saturated rings. The van der Waals surface area contributed by atoms with E-state index in [-0.39, 0.29) is 23.5 Å². The van der Waals surface area contributed by atoms with Crippen molar-refractivity contribution in [3.8, 4) is 11.5 Å². The number of hydrogen-bond acceptors (Lipinski definition) is 6. The monoisotopic (exact) mass is 376 g/mol. The van der Waals surface area contributed by atoms with Crippen molar-refractivity contribution in [3.05, 3.63) is 46.2 Å². The number of carbonyl (C=O) groups is 1. The number of thiophene rings is 1. The maximum absolute atomic E-state index is 12.0. The van der Waals surface area contributed by atoms with Crippen LogP contribution in [0.25, 0.3) is 0 Å². The molecule has 26 heavy (non-hydrogen) atoms. The lowest BCUT2D eigenvalue weighted by atomic mass is 10.1. The fourth-order valence-electron chi connectivity index (χ4n) is 2.98. The fourth-order valence-corrected chi connectivity index (χ4v) is 3.69. The van der Waals surface area contributed by atoms with Crippen LogP contribution in [0.2, 0.25) is 0 Å². The average molecular weight is 376 g/mol. The van der Waals surface area contributed by atoms with Crippen molar-refractivity contribution in [3.63, 3.8) is 0 Å². The maximum Gasteiger partial charge on any atom is 0.220 e. The highest BCUT2D eigenvalue weighted by atomic mass is 32.1. The van der Waals surface area contributed by atoms with E-state index in [4.69, 9.17) is 4.74 Å². The first-order valence-electron chi connectivity index (χ1n) is 8.74. The SMILES string of the molecule is O=C(CCc1cccs1)NC[C@H]1CN(Cc2ccc(O)c(O)c2)CCO1. The van der Waals surface area contributed by atoms with E-state index in [0.29, 0.717) is 32.7 Å². The van der Waals surface area contributed by atoms with Crippen molar-refractivity contribution in [2.24, 2.45) is 0 Å². The number of aromatic hydroxyl groups is 2. The zero-order chi connectivity index (χ0) is 18.4. The predicted octanol–water partition coefficient (Wildman–Crippen LogP) is 2.11. The molecule has 1 aromatic carbocycles. The molecular formula is C19H24N2O4S. The lowest BCUT2D eigenvalue weighted by molar-refractivity contribution is -0.122. The minimum absolute atomic E-state index is 0.0415. The van der Waals surface area contributed by atoms with Crippen LogP contribution < -0.4 is 5.32 Å². The predicted molar refractivity (Wildman–Crippen MR) is 100 cm³/mol. The second-order valence-electron chi connectivity index (χ2n) is 6.43. The van der Waals surface area contributed by atoms with E-state index >= 15 is 0 Å². The first-order chi connectivity index (χ1) is 12.6. The fraction of sp³-hybridized carbons (Fsp3) is 0.421. The summed E-state index contributed by atoms with van der Waals surface area (Å²) in [5, 5.41) is 24.0. The number of morpholine rings is 1. The molecule has 1 saturated heterocycles. The summed E-state index contributed by atoms with van der Waals surface area (Å²) in [5.74, 6) is -0.174. The van der Waals surface area contributed by atoms with Crippen LogP contribution in [-0.2, 0) is 22.5 Å². The minimum Gasteiger partial charge on any atom is -0.504 e. The third kappa shape index (κ3) is 5.45. The van der Waals surface area contributed by atoms with Gasteiger partial charge in [-0.15, -0.1) is 11.3 Å². The topological polar surface area (TPSA) is 82.0 Å². The molecule has 140 valence electrons. The molecule has 1 amide bonds. The van der Waals surface area contributed by atoms with Gasteiger partial charge in [0.1, 0.15) is 0 Å². The lowest BCUT2D eigenvalue weighted by Gasteiger charge is -2.33. The van der Waals surface area contributed by atoms with Crippen molar-refractivity contribution in [2.45, 2.75) is 25.5 Å². The number of benzene rings is 1. The van der Waals surface area contributed by atoms with Gasteiger partial charge in [-0.05, 0) is 35.6 Å². The number of rotatable bonds is 7. The van der Waals surface area contributed by atoms with Crippen LogP contribution in [0.3, 0.4) is 0 Å². The highest BCUT2D eigenvalue weighted by Crippen LogP contribution is 2.25. The summed E-state index contributed by atoms with van der Waals surface area (Å²) in [6.45, 7) is 3.29. The molecule has 0 saturated carbocycles. The Morgan fingerprint density at radius 2 is 2.19 bits per heavy atom. The average Bonchev–Trinajstić information content (AvgIpc) is 3.15. The summed E-state index contributed by atoms with van der Waals surface area (Å²) in [7, 11) is 0. The maximum atomic E-state index is 12.0. The van der Waals surface area contributed by atoms with Gasteiger partial charge in [-0.25, -0.2) is 0 Å². The third-order valence-electron chi connectivity index (χ3n) is 4.37. The number of nitrogens with one attached hydrogen (secondary N) is 1. The Morgan fingerprint density at radius 3 is 2.96 bits per heavy atom. The van der Waals surface area contributed by atoms with Crippen molar-refractivity contribution in [2.75, 3.05) is 26.2 Å². The molecule has 0 bridgehead atoms. The normalized spacial score (nSPS) is 17.9. The van der Waals surface area contributed by atoms with Gasteiger partial charge in [0.15, 0.2) is 11.5 Å². The third-order valence-corrected chi connectivity index (χ3v) is 5.31. The van der Waals surface area contributed by atoms with Crippen LogP contribution in [0.5, 0.6) is 11.5 Å². The summed E-state index contributed by atoms with van der Waals surface area (Å²) >= 11 is 1.67. The van der Waals surface area contributed by atoms with Crippen LogP contribution in [0.4, 0.5) is 0 Å². The van der Waals surface area contributed by atoms with E-state index < -0.39 is 0 Å². The molecule has 0 spiro atoms. The highest BCUT2D eigenvalue weighted by Gasteiger charge is 2.21. The van der Waals surface area contributed by atoms with Gasteiger partial charge in [0.05, 0.1) is 12.7 Å². The molecule has 2 aromatic rings. The number of ether oxygens (including phenoxy) is 1. The molecule has 6 nitrogen and oxygen atoms in total. The van der Waals surface area contributed by atoms with E-state index in [1.165, 1.54) is 10.9 Å². The molecular weight excluding hydrogens is 352 g/mol. The van der Waals surface area contributed by atoms with Crippen LogP contribution >= 0.6 is 11.3 Å². The van der Waals surface area contributed by atoms with Crippen LogP contribution in [0.1, 0.15) is 16.9 Å². The number of nitrogens with zero attached hydrogens (tertiary/aromatic N) is 1. The van der Waals surface area contributed by atoms with Gasteiger partial charge in [0, 0.05) is 37.5 Å². The summed E-state index contributed by atoms with van der Waals surface area (Å²) in [6.07, 6.45) is 1.22. The number of hydrogen-bond donors (Lipinski definition) is 3. The molecule has 1 aliphatic rings. The van der Waals surface area contributed by atoms with E-state index in [9.17, 15) is 15.0 Å². The molecule has 0 unspecified atom stereocenters. The van der Waals surface area contributed by atoms with E-state index in [1.54, 1.807) is 23.5 Å². The molecule has 1 aromatic heterocycles. The van der Waals surface area contributed by atoms with Crippen LogP contribution in [-0.4, -0.2) is 53.4 Å². The molecule has 0 radical (unpaired) electrons.